The van der Waals surface area contributed by atoms with E-state index in [1.54, 1.807) is 55.1 Å². The molecule has 5 fully saturated rings. The molecule has 5 aliphatic heterocycles. The summed E-state index contributed by atoms with van der Waals surface area (Å²) in [5.41, 5.74) is -6.52. The number of aliphatic hydroxyl groups is 1. The minimum absolute atomic E-state index is 0. The Morgan fingerprint density at radius 3 is 1.53 bits per heavy atom. The highest BCUT2D eigenvalue weighted by Gasteiger charge is 2.58. The summed E-state index contributed by atoms with van der Waals surface area (Å²) < 4.78 is 143. The highest BCUT2D eigenvalue weighted by Crippen LogP contribution is 2.44. The molecule has 25 nitrogen and oxygen atoms in total. The van der Waals surface area contributed by atoms with E-state index in [0.717, 1.165) is 39.2 Å². The SMILES string of the molecule is CCc1cc(N2C(=S)N(c3cnc(C#N)c(C(F)(F)F)c3)C(=O)C2(C)C)ccc1OCCC1CCN(CC(=O)N(c2cc(C#N)cc(NC3CCC(=O)NC3=O)c2)C(O)(C(=O)OC(=O)C(F)(F)F)N2CCC(CCOc3ccc(N4C(=S)N(c5cnc(C#N)c(C(F)(F)F)c5)C(=O)C4(C)C)cc3CC)CC2)CC1.Cl.Cl. The first-order valence-electron chi connectivity index (χ1n) is 34.2. The number of hydrogen-bond acceptors (Lipinski definition) is 21. The van der Waals surface area contributed by atoms with E-state index in [1.165, 1.54) is 41.9 Å². The van der Waals surface area contributed by atoms with Gasteiger partial charge in [-0.1, -0.05) is 13.8 Å². The Morgan fingerprint density at radius 2 is 1.11 bits per heavy atom. The number of aryl methyl sites for hydroxylation is 2. The maximum absolute atomic E-state index is 15.3. The quantitative estimate of drug-likeness (QED) is 0.0145. The number of rotatable bonds is 22. The standard InChI is InChI=1S/C72H71F9N14O11S2.2ClH/c1-7-43-29-46(94-65(107)91(61(99)67(94,3)4)49-32-51(69(73,74)75)54(35-83)85-37-49)9-12-56(43)104-25-19-40-15-21-89(22-16-40)39-59(97)93(48-28-42(34-82)27-45(31-48)87-53-11-14-58(96)88-60(53)98)72(103,64(102)106-63(101)71(79,80)81)90-23-17-41(18-24-90)20-26-105-57-13-10-47(30-44(57)8-2)95-66(108)92(62(100)68(95,5)6)50-33-52(70(76,77)78)55(36-84)86-38-50;;/h9-10,12-13,27-33,37-38,40-41,53,87,103H,7-8,11,14-26,39H2,1-6H3,(H,88,96,98);2*1H. The second-order valence-corrected chi connectivity index (χ2v) is 28.0. The molecule has 2 unspecified atom stereocenters. The zero-order chi connectivity index (χ0) is 78.9. The monoisotopic (exact) mass is 1610 g/mol. The number of nitrogens with one attached hydrogen (secondary N) is 2. The summed E-state index contributed by atoms with van der Waals surface area (Å²) in [5.74, 6) is -12.0. The van der Waals surface area contributed by atoms with E-state index in [2.05, 4.69) is 25.3 Å². The fourth-order valence-corrected chi connectivity index (χ4v) is 14.9. The number of carbonyl (C=O) groups is 7. The summed E-state index contributed by atoms with van der Waals surface area (Å²) in [6, 6.07) is 18.4. The number of thiocarbonyl (C=S) groups is 2. The number of likely N-dealkylation sites (tertiary alicyclic amines) is 2. The lowest BCUT2D eigenvalue weighted by molar-refractivity contribution is -0.217. The Bertz CT molecular complexity index is 4600. The maximum atomic E-state index is 15.3. The fourth-order valence-electron chi connectivity index (χ4n) is 13.8. The van der Waals surface area contributed by atoms with Gasteiger partial charge in [0.2, 0.25) is 17.7 Å². The summed E-state index contributed by atoms with van der Waals surface area (Å²) in [5, 5.41) is 46.9. The number of aromatic nitrogens is 2. The Hall–Kier alpha value is -9.87. The van der Waals surface area contributed by atoms with Gasteiger partial charge >= 0.3 is 36.3 Å². The first-order valence-corrected chi connectivity index (χ1v) is 35.0. The van der Waals surface area contributed by atoms with Crippen molar-refractivity contribution >= 4 is 135 Å². The average molecular weight is 1620 g/mol. The van der Waals surface area contributed by atoms with Gasteiger partial charge in [0.25, 0.3) is 11.8 Å². The molecule has 0 spiro atoms. The molecule has 0 saturated carbocycles. The summed E-state index contributed by atoms with van der Waals surface area (Å²) >= 11 is 11.4. The van der Waals surface area contributed by atoms with E-state index < -0.39 is 118 Å². The molecule has 5 saturated heterocycles. The molecule has 110 heavy (non-hydrogen) atoms. The van der Waals surface area contributed by atoms with Crippen molar-refractivity contribution in [3.63, 3.8) is 0 Å². The molecule has 5 amide bonds. The molecule has 38 heteroatoms. The van der Waals surface area contributed by atoms with Gasteiger partial charge in [-0.05, 0) is 213 Å². The third-order valence-corrected chi connectivity index (χ3v) is 20.3. The molecule has 0 bridgehead atoms. The van der Waals surface area contributed by atoms with Crippen molar-refractivity contribution in [3.05, 3.63) is 118 Å². The largest absolute Gasteiger partial charge is 0.493 e. The van der Waals surface area contributed by atoms with E-state index in [9.17, 15) is 89.2 Å². The number of amides is 5. The molecule has 3 aromatic carbocycles. The first-order chi connectivity index (χ1) is 50.8. The van der Waals surface area contributed by atoms with E-state index >= 15 is 4.79 Å². The third kappa shape index (κ3) is 17.6. The number of benzene rings is 3. The Morgan fingerprint density at radius 1 is 0.645 bits per heavy atom. The summed E-state index contributed by atoms with van der Waals surface area (Å²) in [6.07, 6.45) is -11.3. The molecule has 7 heterocycles. The molecule has 0 aliphatic carbocycles. The zero-order valence-corrected chi connectivity index (χ0v) is 63.0. The smallest absolute Gasteiger partial charge is 0.491 e. The van der Waals surface area contributed by atoms with Crippen molar-refractivity contribution in [2.24, 2.45) is 11.8 Å². The molecule has 3 N–H and O–H groups in total. The number of alkyl halides is 9. The van der Waals surface area contributed by atoms with Crippen LogP contribution in [0.4, 0.5) is 73.6 Å². The number of anilines is 6. The zero-order valence-electron chi connectivity index (χ0n) is 59.7. The van der Waals surface area contributed by atoms with Crippen LogP contribution in [-0.4, -0.2) is 152 Å². The molecule has 5 aliphatic rings. The number of hydrogen-bond donors (Lipinski definition) is 3. The summed E-state index contributed by atoms with van der Waals surface area (Å²) in [6.45, 7) is 9.25. The van der Waals surface area contributed by atoms with Crippen molar-refractivity contribution in [2.45, 2.75) is 147 Å². The third-order valence-electron chi connectivity index (χ3n) is 19.6. The summed E-state index contributed by atoms with van der Waals surface area (Å²) in [4.78, 5) is 111. The van der Waals surface area contributed by atoms with Crippen LogP contribution < -0.4 is 44.6 Å². The number of halogens is 11. The second kappa shape index (κ2) is 33.8. The Kier molecular flexibility index (Phi) is 26.3. The number of piperidine rings is 3. The molecule has 10 rings (SSSR count). The van der Waals surface area contributed by atoms with Crippen LogP contribution in [0.5, 0.6) is 11.5 Å². The molecule has 586 valence electrons. The van der Waals surface area contributed by atoms with Crippen LogP contribution in [0.1, 0.15) is 132 Å². The van der Waals surface area contributed by atoms with Gasteiger partial charge in [0, 0.05) is 36.6 Å². The van der Waals surface area contributed by atoms with E-state index in [-0.39, 0.29) is 135 Å². The van der Waals surface area contributed by atoms with Crippen molar-refractivity contribution in [1.29, 1.82) is 15.8 Å². The van der Waals surface area contributed by atoms with E-state index in [0.29, 0.717) is 89.6 Å². The fraction of sp³-hybridized carbons (Fsp3) is 0.444. The van der Waals surface area contributed by atoms with Crippen LogP contribution in [-0.2, 0) is 63.5 Å². The number of imide groups is 1. The first kappa shape index (κ1) is 85.7. The second-order valence-electron chi connectivity index (χ2n) is 27.3. The number of nitriles is 3. The van der Waals surface area contributed by atoms with E-state index in [4.69, 9.17) is 33.9 Å². The van der Waals surface area contributed by atoms with Gasteiger partial charge in [-0.3, -0.25) is 48.9 Å². The van der Waals surface area contributed by atoms with Crippen LogP contribution in [0, 0.1) is 45.8 Å². The van der Waals surface area contributed by atoms with Crippen LogP contribution >= 0.6 is 49.2 Å². The number of pyridine rings is 2. The van der Waals surface area contributed by atoms with Crippen molar-refractivity contribution in [1.82, 2.24) is 25.1 Å². The molecular formula is C72H73Cl2F9N14O11S2. The van der Waals surface area contributed by atoms with Gasteiger partial charge in [-0.15, -0.1) is 24.8 Å². The predicted molar refractivity (Wildman–Crippen MR) is 392 cm³/mol. The van der Waals surface area contributed by atoms with E-state index in [1.807, 2.05) is 19.9 Å². The van der Waals surface area contributed by atoms with Crippen LogP contribution in [0.15, 0.2) is 79.1 Å². The molecule has 0 radical (unpaired) electrons. The molecular weight excluding hydrogens is 1540 g/mol. The number of ether oxygens (including phenoxy) is 3. The minimum atomic E-state index is -5.79. The van der Waals surface area contributed by atoms with Gasteiger partial charge in [0.05, 0.1) is 72.0 Å². The van der Waals surface area contributed by atoms with Gasteiger partial charge in [-0.2, -0.15) is 55.3 Å². The van der Waals surface area contributed by atoms with Gasteiger partial charge in [0.15, 0.2) is 21.6 Å². The van der Waals surface area contributed by atoms with Crippen molar-refractivity contribution < 1.29 is 92.4 Å². The van der Waals surface area contributed by atoms with Crippen molar-refractivity contribution in [3.8, 4) is 29.7 Å². The van der Waals surface area contributed by atoms with Gasteiger partial charge < -0.3 is 34.4 Å². The lowest BCUT2D eigenvalue weighted by atomic mass is 9.93. The number of nitrogens with zero attached hydrogens (tertiary/aromatic N) is 12. The van der Waals surface area contributed by atoms with Gasteiger partial charge in [0.1, 0.15) is 40.8 Å². The lowest BCUT2D eigenvalue weighted by Gasteiger charge is -2.47. The Labute approximate surface area is 648 Å². The Balaban J connectivity index is 0.00000760. The van der Waals surface area contributed by atoms with Crippen molar-refractivity contribution in [2.75, 3.05) is 75.8 Å². The number of carbonyl (C=O) groups excluding carboxylic acids is 7. The average Bonchev–Trinajstić information content (AvgIpc) is 1.45. The molecule has 2 atom stereocenters. The normalized spacial score (nSPS) is 18.5. The number of esters is 2. The van der Waals surface area contributed by atoms with Crippen LogP contribution in [0.25, 0.3) is 0 Å². The molecule has 2 aromatic heterocycles. The minimum Gasteiger partial charge on any atom is -0.493 e. The van der Waals surface area contributed by atoms with Crippen LogP contribution in [0.2, 0.25) is 0 Å². The summed E-state index contributed by atoms with van der Waals surface area (Å²) in [7, 11) is 0. The molecule has 5 aromatic rings. The predicted octanol–water partition coefficient (Wildman–Crippen LogP) is 11.1. The van der Waals surface area contributed by atoms with Gasteiger partial charge in [-0.25, -0.2) is 24.5 Å². The highest BCUT2D eigenvalue weighted by molar-refractivity contribution is 7.81. The lowest BCUT2D eigenvalue weighted by Crippen LogP contribution is -2.70. The van der Waals surface area contributed by atoms with Crippen LogP contribution in [0.3, 0.4) is 0 Å². The highest BCUT2D eigenvalue weighted by atomic mass is 35.5. The topological polar surface area (TPSA) is 311 Å². The maximum Gasteiger partial charge on any atom is 0.491 e.